The number of aliphatic hydroxyl groups is 1. The summed E-state index contributed by atoms with van der Waals surface area (Å²) in [5.41, 5.74) is 0.348. The van der Waals surface area contributed by atoms with Gasteiger partial charge in [0.2, 0.25) is 0 Å². The molecule has 1 rings (SSSR count). The summed E-state index contributed by atoms with van der Waals surface area (Å²) >= 11 is 0. The van der Waals surface area contributed by atoms with E-state index in [1.807, 2.05) is 0 Å². The first-order valence-corrected chi connectivity index (χ1v) is 4.04. The maximum absolute atomic E-state index is 12.5. The molecule has 76 valence electrons. The molecule has 0 aromatic carbocycles. The summed E-state index contributed by atoms with van der Waals surface area (Å²) in [6.07, 6.45) is -0.534. The minimum atomic E-state index is -1.52. The number of aromatic nitrogens is 1. The molecule has 0 aliphatic rings. The van der Waals surface area contributed by atoms with E-state index in [-0.39, 0.29) is 0 Å². The Balaban J connectivity index is 2.84. The van der Waals surface area contributed by atoms with Crippen molar-refractivity contribution >= 4 is 5.97 Å². The van der Waals surface area contributed by atoms with Crippen molar-refractivity contribution in [2.75, 3.05) is 0 Å². The molecule has 2 unspecified atom stereocenters. The number of halogens is 1. The van der Waals surface area contributed by atoms with Crippen LogP contribution in [0.15, 0.2) is 18.3 Å². The average Bonchev–Trinajstić information content (AvgIpc) is 2.16. The van der Waals surface area contributed by atoms with E-state index in [4.69, 9.17) is 5.11 Å². The zero-order valence-electron chi connectivity index (χ0n) is 7.51. The van der Waals surface area contributed by atoms with E-state index >= 15 is 0 Å². The normalized spacial score (nSPS) is 14.8. The predicted molar refractivity (Wildman–Crippen MR) is 46.3 cm³/mol. The fourth-order valence-corrected chi connectivity index (χ4v) is 1.03. The number of aliphatic carboxylic acids is 1. The van der Waals surface area contributed by atoms with Crippen LogP contribution in [0, 0.1) is 5.82 Å². The third-order valence-electron chi connectivity index (χ3n) is 1.94. The molecule has 4 nitrogen and oxygen atoms in total. The fourth-order valence-electron chi connectivity index (χ4n) is 1.03. The number of carboxylic acids is 1. The lowest BCUT2D eigenvalue weighted by Crippen LogP contribution is -2.26. The van der Waals surface area contributed by atoms with Gasteiger partial charge in [-0.1, -0.05) is 6.92 Å². The van der Waals surface area contributed by atoms with Crippen LogP contribution in [0.25, 0.3) is 0 Å². The molecule has 1 aromatic heterocycles. The van der Waals surface area contributed by atoms with Crippen LogP contribution in [-0.2, 0) is 4.79 Å². The Bertz CT molecular complexity index is 325. The van der Waals surface area contributed by atoms with Gasteiger partial charge in [0.05, 0.1) is 6.20 Å². The van der Waals surface area contributed by atoms with E-state index in [1.165, 1.54) is 19.1 Å². The summed E-state index contributed by atoms with van der Waals surface area (Å²) in [6.45, 7) is 1.51. The molecule has 5 heteroatoms. The summed E-state index contributed by atoms with van der Waals surface area (Å²) < 4.78 is 12.5. The molecule has 0 saturated carbocycles. The highest BCUT2D eigenvalue weighted by molar-refractivity contribution is 5.73. The van der Waals surface area contributed by atoms with Crippen LogP contribution in [0.3, 0.4) is 0 Å². The van der Waals surface area contributed by atoms with E-state index in [1.54, 1.807) is 0 Å². The summed E-state index contributed by atoms with van der Waals surface area (Å²) in [7, 11) is 0. The zero-order valence-corrected chi connectivity index (χ0v) is 7.51. The molecule has 0 saturated heterocycles. The van der Waals surface area contributed by atoms with Gasteiger partial charge in [0.25, 0.3) is 0 Å². The van der Waals surface area contributed by atoms with E-state index in [0.29, 0.717) is 5.69 Å². The lowest BCUT2D eigenvalue weighted by molar-refractivity contribution is -0.147. The molecule has 2 atom stereocenters. The highest BCUT2D eigenvalue weighted by Crippen LogP contribution is 2.17. The van der Waals surface area contributed by atoms with Gasteiger partial charge in [-0.3, -0.25) is 4.98 Å². The Kier molecular flexibility index (Phi) is 3.14. The molecule has 0 bridgehead atoms. The average molecular weight is 199 g/mol. The summed E-state index contributed by atoms with van der Waals surface area (Å²) in [5.74, 6) is -2.47. The SMILES string of the molecule is CC(c1ccc(F)cn1)C(O)C(=O)O. The quantitative estimate of drug-likeness (QED) is 0.754. The molecule has 0 amide bonds. The van der Waals surface area contributed by atoms with Gasteiger partial charge in [-0.2, -0.15) is 0 Å². The summed E-state index contributed by atoms with van der Waals surface area (Å²) in [4.78, 5) is 14.1. The van der Waals surface area contributed by atoms with Crippen molar-refractivity contribution in [3.05, 3.63) is 29.8 Å². The first-order valence-electron chi connectivity index (χ1n) is 4.04. The lowest BCUT2D eigenvalue weighted by atomic mass is 10.0. The number of carbonyl (C=O) groups is 1. The molecule has 0 radical (unpaired) electrons. The fraction of sp³-hybridized carbons (Fsp3) is 0.333. The Morgan fingerprint density at radius 1 is 1.57 bits per heavy atom. The largest absolute Gasteiger partial charge is 0.479 e. The van der Waals surface area contributed by atoms with Gasteiger partial charge >= 0.3 is 5.97 Å². The minimum absolute atomic E-state index is 0.348. The Labute approximate surface area is 80.0 Å². The molecule has 2 N–H and O–H groups in total. The van der Waals surface area contributed by atoms with Gasteiger partial charge in [-0.05, 0) is 12.1 Å². The Morgan fingerprint density at radius 2 is 2.21 bits per heavy atom. The monoisotopic (exact) mass is 199 g/mol. The molecule has 1 aromatic rings. The van der Waals surface area contributed by atoms with Crippen LogP contribution >= 0.6 is 0 Å². The van der Waals surface area contributed by atoms with Gasteiger partial charge in [0, 0.05) is 11.6 Å². The Morgan fingerprint density at radius 3 is 2.64 bits per heavy atom. The number of nitrogens with zero attached hydrogens (tertiary/aromatic N) is 1. The van der Waals surface area contributed by atoms with E-state index in [0.717, 1.165) is 6.20 Å². The molecule has 0 spiro atoms. The number of rotatable bonds is 3. The van der Waals surface area contributed by atoms with E-state index in [2.05, 4.69) is 4.98 Å². The maximum atomic E-state index is 12.5. The standard InChI is InChI=1S/C9H10FNO3/c1-5(8(12)9(13)14)7-3-2-6(10)4-11-7/h2-5,8,12H,1H3,(H,13,14). The molecular weight excluding hydrogens is 189 g/mol. The smallest absolute Gasteiger partial charge is 0.333 e. The first kappa shape index (κ1) is 10.6. The van der Waals surface area contributed by atoms with Crippen molar-refractivity contribution in [1.82, 2.24) is 4.98 Å². The van der Waals surface area contributed by atoms with Crippen LogP contribution in [0.2, 0.25) is 0 Å². The topological polar surface area (TPSA) is 70.4 Å². The van der Waals surface area contributed by atoms with Gasteiger partial charge in [-0.15, -0.1) is 0 Å². The number of pyridine rings is 1. The van der Waals surface area contributed by atoms with E-state index in [9.17, 15) is 14.3 Å². The van der Waals surface area contributed by atoms with Crippen molar-refractivity contribution in [1.29, 1.82) is 0 Å². The molecule has 0 fully saturated rings. The van der Waals surface area contributed by atoms with Crippen molar-refractivity contribution in [2.45, 2.75) is 18.9 Å². The van der Waals surface area contributed by atoms with Crippen molar-refractivity contribution in [3.8, 4) is 0 Å². The molecule has 0 aliphatic carbocycles. The van der Waals surface area contributed by atoms with Crippen molar-refractivity contribution < 1.29 is 19.4 Å². The van der Waals surface area contributed by atoms with Crippen LogP contribution in [0.4, 0.5) is 4.39 Å². The highest BCUT2D eigenvalue weighted by atomic mass is 19.1. The second kappa shape index (κ2) is 4.15. The van der Waals surface area contributed by atoms with E-state index < -0.39 is 23.8 Å². The second-order valence-corrected chi connectivity index (χ2v) is 2.97. The van der Waals surface area contributed by atoms with Gasteiger partial charge < -0.3 is 10.2 Å². The van der Waals surface area contributed by atoms with Crippen LogP contribution in [0.5, 0.6) is 0 Å². The number of hydrogen-bond donors (Lipinski definition) is 2. The minimum Gasteiger partial charge on any atom is -0.479 e. The molecule has 1 heterocycles. The Hall–Kier alpha value is -1.49. The third kappa shape index (κ3) is 2.26. The first-order chi connectivity index (χ1) is 6.52. The molecular formula is C9H10FNO3. The zero-order chi connectivity index (χ0) is 10.7. The number of aliphatic hydroxyl groups excluding tert-OH is 1. The third-order valence-corrected chi connectivity index (χ3v) is 1.94. The second-order valence-electron chi connectivity index (χ2n) is 2.97. The van der Waals surface area contributed by atoms with Gasteiger partial charge in [0.15, 0.2) is 6.10 Å². The van der Waals surface area contributed by atoms with Crippen molar-refractivity contribution in [3.63, 3.8) is 0 Å². The molecule has 0 aliphatic heterocycles. The maximum Gasteiger partial charge on any atom is 0.333 e. The van der Waals surface area contributed by atoms with Crippen molar-refractivity contribution in [2.24, 2.45) is 0 Å². The predicted octanol–water partition coefficient (Wildman–Crippen LogP) is 0.770. The molecule has 14 heavy (non-hydrogen) atoms. The lowest BCUT2D eigenvalue weighted by Gasteiger charge is -2.13. The van der Waals surface area contributed by atoms with Crippen LogP contribution in [-0.4, -0.2) is 27.3 Å². The van der Waals surface area contributed by atoms with Gasteiger partial charge in [-0.25, -0.2) is 9.18 Å². The van der Waals surface area contributed by atoms with Gasteiger partial charge in [0.1, 0.15) is 5.82 Å². The van der Waals surface area contributed by atoms with Crippen LogP contribution in [0.1, 0.15) is 18.5 Å². The highest BCUT2D eigenvalue weighted by Gasteiger charge is 2.23. The van der Waals surface area contributed by atoms with Crippen LogP contribution < -0.4 is 0 Å². The number of carboxylic acid groups (broad SMARTS) is 1. The summed E-state index contributed by atoms with van der Waals surface area (Å²) in [5, 5.41) is 17.7. The summed E-state index contributed by atoms with van der Waals surface area (Å²) in [6, 6.07) is 2.53. The number of hydrogen-bond acceptors (Lipinski definition) is 3.